The Balaban J connectivity index is 1.54. The molecule has 4 heteroatoms. The number of fused-ring (bicyclic) bond motifs is 2. The summed E-state index contributed by atoms with van der Waals surface area (Å²) >= 11 is 0. The number of hydrogen-bond donors (Lipinski definition) is 2. The molecule has 3 aromatic rings. The van der Waals surface area contributed by atoms with Crippen LogP contribution in [0.25, 0.3) is 10.9 Å². The largest absolute Gasteiger partial charge is 0.486 e. The molecular weight excluding hydrogens is 264 g/mol. The maximum Gasteiger partial charge on any atom is 0.163 e. The molecular formula is C17H16N2O2. The molecule has 0 saturated heterocycles. The summed E-state index contributed by atoms with van der Waals surface area (Å²) in [7, 11) is 0. The van der Waals surface area contributed by atoms with Gasteiger partial charge in [-0.2, -0.15) is 0 Å². The first-order chi connectivity index (χ1) is 10.4. The van der Waals surface area contributed by atoms with Crippen LogP contribution in [0.4, 0.5) is 5.69 Å². The molecule has 0 radical (unpaired) electrons. The van der Waals surface area contributed by atoms with Crippen LogP contribution in [0.2, 0.25) is 0 Å². The lowest BCUT2D eigenvalue weighted by Crippen LogP contribution is -2.15. The van der Waals surface area contributed by atoms with Gasteiger partial charge in [0.25, 0.3) is 0 Å². The molecule has 1 aliphatic heterocycles. The third kappa shape index (κ3) is 2.29. The third-order valence-electron chi connectivity index (χ3n) is 3.70. The second-order valence-electron chi connectivity index (χ2n) is 5.07. The molecule has 0 saturated carbocycles. The van der Waals surface area contributed by atoms with E-state index >= 15 is 0 Å². The van der Waals surface area contributed by atoms with Gasteiger partial charge in [0.2, 0.25) is 0 Å². The highest BCUT2D eigenvalue weighted by atomic mass is 16.6. The first kappa shape index (κ1) is 12.1. The van der Waals surface area contributed by atoms with Crippen LogP contribution in [0.15, 0.2) is 48.7 Å². The summed E-state index contributed by atoms with van der Waals surface area (Å²) in [6, 6.07) is 14.3. The van der Waals surface area contributed by atoms with E-state index in [4.69, 9.17) is 9.47 Å². The Morgan fingerprint density at radius 2 is 1.86 bits per heavy atom. The molecule has 2 aromatic carbocycles. The molecule has 2 heterocycles. The first-order valence-corrected chi connectivity index (χ1v) is 7.09. The summed E-state index contributed by atoms with van der Waals surface area (Å²) < 4.78 is 11.1. The number of aromatic amines is 1. The van der Waals surface area contributed by atoms with Crippen molar-refractivity contribution in [2.45, 2.75) is 6.54 Å². The van der Waals surface area contributed by atoms with Crippen molar-refractivity contribution in [3.63, 3.8) is 0 Å². The SMILES string of the molecule is c1ccc2c(CNc3ccc4c(c3)OCCO4)c[nH]c2c1. The number of benzene rings is 2. The van der Waals surface area contributed by atoms with Crippen molar-refractivity contribution in [3.05, 3.63) is 54.2 Å². The second kappa shape index (κ2) is 5.05. The van der Waals surface area contributed by atoms with Crippen molar-refractivity contribution in [1.29, 1.82) is 0 Å². The van der Waals surface area contributed by atoms with Gasteiger partial charge in [-0.05, 0) is 23.8 Å². The van der Waals surface area contributed by atoms with Gasteiger partial charge in [-0.25, -0.2) is 0 Å². The van der Waals surface area contributed by atoms with Gasteiger partial charge in [-0.15, -0.1) is 0 Å². The lowest BCUT2D eigenvalue weighted by atomic mass is 10.1. The fraction of sp³-hybridized carbons (Fsp3) is 0.176. The summed E-state index contributed by atoms with van der Waals surface area (Å²) in [5, 5.41) is 4.69. The van der Waals surface area contributed by atoms with Crippen LogP contribution < -0.4 is 14.8 Å². The maximum absolute atomic E-state index is 5.60. The van der Waals surface area contributed by atoms with Crippen molar-refractivity contribution in [1.82, 2.24) is 4.98 Å². The summed E-state index contributed by atoms with van der Waals surface area (Å²) in [4.78, 5) is 3.29. The van der Waals surface area contributed by atoms with Crippen LogP contribution in [0, 0.1) is 0 Å². The minimum Gasteiger partial charge on any atom is -0.486 e. The standard InChI is InChI=1S/C17H16N2O2/c1-2-4-15-14(3-1)12(11-19-15)10-18-13-5-6-16-17(9-13)21-8-7-20-16/h1-6,9,11,18-19H,7-8,10H2. The molecule has 0 unspecified atom stereocenters. The average Bonchev–Trinajstić information content (AvgIpc) is 2.96. The van der Waals surface area contributed by atoms with Gasteiger partial charge in [0.15, 0.2) is 11.5 Å². The summed E-state index contributed by atoms with van der Waals surface area (Å²) in [6.45, 7) is 2.00. The zero-order chi connectivity index (χ0) is 14.1. The van der Waals surface area contributed by atoms with Crippen LogP contribution in [-0.2, 0) is 6.54 Å². The Kier molecular flexibility index (Phi) is 2.92. The van der Waals surface area contributed by atoms with Crippen LogP contribution in [0.1, 0.15) is 5.56 Å². The molecule has 0 amide bonds. The molecule has 0 bridgehead atoms. The molecule has 0 spiro atoms. The molecule has 0 atom stereocenters. The molecule has 106 valence electrons. The highest BCUT2D eigenvalue weighted by molar-refractivity contribution is 5.83. The number of anilines is 1. The first-order valence-electron chi connectivity index (χ1n) is 7.09. The zero-order valence-electron chi connectivity index (χ0n) is 11.6. The zero-order valence-corrected chi connectivity index (χ0v) is 11.6. The van der Waals surface area contributed by atoms with Crippen molar-refractivity contribution in [2.75, 3.05) is 18.5 Å². The van der Waals surface area contributed by atoms with Crippen LogP contribution in [0.5, 0.6) is 11.5 Å². The van der Waals surface area contributed by atoms with Crippen molar-refractivity contribution in [3.8, 4) is 11.5 Å². The smallest absolute Gasteiger partial charge is 0.163 e. The lowest BCUT2D eigenvalue weighted by molar-refractivity contribution is 0.171. The van der Waals surface area contributed by atoms with Gasteiger partial charge in [0.05, 0.1) is 0 Å². The Bertz CT molecular complexity index is 779. The predicted molar refractivity (Wildman–Crippen MR) is 83.1 cm³/mol. The average molecular weight is 280 g/mol. The number of ether oxygens (including phenoxy) is 2. The van der Waals surface area contributed by atoms with Crippen LogP contribution in [-0.4, -0.2) is 18.2 Å². The number of hydrogen-bond acceptors (Lipinski definition) is 3. The van der Waals surface area contributed by atoms with Crippen LogP contribution in [0.3, 0.4) is 0 Å². The fourth-order valence-electron chi connectivity index (χ4n) is 2.63. The maximum atomic E-state index is 5.60. The van der Waals surface area contributed by atoms with E-state index in [1.54, 1.807) is 0 Å². The molecule has 2 N–H and O–H groups in total. The Labute approximate surface area is 122 Å². The Morgan fingerprint density at radius 1 is 1.00 bits per heavy atom. The number of rotatable bonds is 3. The number of aromatic nitrogens is 1. The Morgan fingerprint density at radius 3 is 2.81 bits per heavy atom. The van der Waals surface area contributed by atoms with Gasteiger partial charge in [-0.1, -0.05) is 18.2 Å². The topological polar surface area (TPSA) is 46.3 Å². The van der Waals surface area contributed by atoms with E-state index in [1.807, 2.05) is 24.3 Å². The van der Waals surface area contributed by atoms with E-state index in [1.165, 1.54) is 10.9 Å². The lowest BCUT2D eigenvalue weighted by Gasteiger charge is -2.19. The van der Waals surface area contributed by atoms with E-state index in [-0.39, 0.29) is 0 Å². The molecule has 0 fully saturated rings. The normalized spacial score (nSPS) is 13.3. The number of H-pyrrole nitrogens is 1. The summed E-state index contributed by atoms with van der Waals surface area (Å²) in [6.07, 6.45) is 2.05. The summed E-state index contributed by atoms with van der Waals surface area (Å²) in [5.41, 5.74) is 3.45. The van der Waals surface area contributed by atoms with Gasteiger partial charge >= 0.3 is 0 Å². The highest BCUT2D eigenvalue weighted by Crippen LogP contribution is 2.32. The Hall–Kier alpha value is -2.62. The summed E-state index contributed by atoms with van der Waals surface area (Å²) in [5.74, 6) is 1.63. The van der Waals surface area contributed by atoms with E-state index in [0.29, 0.717) is 13.2 Å². The fourth-order valence-corrected chi connectivity index (χ4v) is 2.63. The van der Waals surface area contributed by atoms with E-state index < -0.39 is 0 Å². The molecule has 1 aliphatic rings. The van der Waals surface area contributed by atoms with Gasteiger partial charge in [-0.3, -0.25) is 0 Å². The van der Waals surface area contributed by atoms with Gasteiger partial charge < -0.3 is 19.8 Å². The van der Waals surface area contributed by atoms with E-state index in [9.17, 15) is 0 Å². The molecule has 0 aliphatic carbocycles. The van der Waals surface area contributed by atoms with Crippen LogP contribution >= 0.6 is 0 Å². The molecule has 1 aromatic heterocycles. The highest BCUT2D eigenvalue weighted by Gasteiger charge is 2.11. The van der Waals surface area contributed by atoms with Gasteiger partial charge in [0.1, 0.15) is 13.2 Å². The monoisotopic (exact) mass is 280 g/mol. The molecule has 4 nitrogen and oxygen atoms in total. The third-order valence-corrected chi connectivity index (χ3v) is 3.70. The van der Waals surface area contributed by atoms with E-state index in [2.05, 4.69) is 34.7 Å². The number of para-hydroxylation sites is 1. The quantitative estimate of drug-likeness (QED) is 0.771. The minimum absolute atomic E-state index is 0.610. The predicted octanol–water partition coefficient (Wildman–Crippen LogP) is 3.55. The molecule has 21 heavy (non-hydrogen) atoms. The van der Waals surface area contributed by atoms with E-state index in [0.717, 1.165) is 29.2 Å². The van der Waals surface area contributed by atoms with Crippen molar-refractivity contribution in [2.24, 2.45) is 0 Å². The minimum atomic E-state index is 0.610. The second-order valence-corrected chi connectivity index (χ2v) is 5.07. The van der Waals surface area contributed by atoms with Crippen molar-refractivity contribution >= 4 is 16.6 Å². The molecule has 4 rings (SSSR count). The van der Waals surface area contributed by atoms with Gasteiger partial charge in [0, 0.05) is 35.4 Å². The number of nitrogens with one attached hydrogen (secondary N) is 2. The van der Waals surface area contributed by atoms with Crippen molar-refractivity contribution < 1.29 is 9.47 Å².